The third-order valence-electron chi connectivity index (χ3n) is 2.97. The van der Waals surface area contributed by atoms with Crippen molar-refractivity contribution in [2.24, 2.45) is 5.73 Å². The van der Waals surface area contributed by atoms with Crippen LogP contribution >= 0.6 is 23.8 Å². The van der Waals surface area contributed by atoms with Gasteiger partial charge in [0, 0.05) is 23.5 Å². The van der Waals surface area contributed by atoms with Gasteiger partial charge in [0.1, 0.15) is 10.8 Å². The molecule has 0 aliphatic heterocycles. The predicted octanol–water partition coefficient (Wildman–Crippen LogP) is 4.27. The normalized spacial score (nSPS) is 10.3. The predicted molar refractivity (Wildman–Crippen MR) is 86.4 cm³/mol. The van der Waals surface area contributed by atoms with Gasteiger partial charge in [0.05, 0.1) is 5.02 Å². The number of halogens is 2. The Labute approximate surface area is 128 Å². The molecule has 2 nitrogen and oxygen atoms in total. The minimum atomic E-state index is -0.271. The Bertz CT molecular complexity index is 646. The first-order valence-corrected chi connectivity index (χ1v) is 6.94. The van der Waals surface area contributed by atoms with Gasteiger partial charge in [-0.3, -0.25) is 0 Å². The highest BCUT2D eigenvalue weighted by molar-refractivity contribution is 7.80. The monoisotopic (exact) mass is 308 g/mol. The van der Waals surface area contributed by atoms with Crippen molar-refractivity contribution in [1.29, 1.82) is 0 Å². The summed E-state index contributed by atoms with van der Waals surface area (Å²) in [5.74, 6) is -0.271. The van der Waals surface area contributed by atoms with E-state index in [-0.39, 0.29) is 10.8 Å². The fourth-order valence-electron chi connectivity index (χ4n) is 2.03. The Morgan fingerprint density at radius 1 is 1.25 bits per heavy atom. The van der Waals surface area contributed by atoms with Crippen LogP contribution in [0.15, 0.2) is 42.5 Å². The van der Waals surface area contributed by atoms with Gasteiger partial charge in [-0.05, 0) is 43.3 Å². The fraction of sp³-hybridized carbons (Fsp3) is 0.133. The molecule has 20 heavy (non-hydrogen) atoms. The van der Waals surface area contributed by atoms with E-state index in [4.69, 9.17) is 29.6 Å². The lowest BCUT2D eigenvalue weighted by molar-refractivity contribution is 0.627. The van der Waals surface area contributed by atoms with E-state index in [1.807, 2.05) is 24.0 Å². The zero-order chi connectivity index (χ0) is 14.7. The second-order valence-corrected chi connectivity index (χ2v) is 5.10. The van der Waals surface area contributed by atoms with Gasteiger partial charge in [-0.2, -0.15) is 0 Å². The van der Waals surface area contributed by atoms with Crippen molar-refractivity contribution in [2.45, 2.75) is 6.92 Å². The Morgan fingerprint density at radius 3 is 2.50 bits per heavy atom. The zero-order valence-electron chi connectivity index (χ0n) is 10.9. The van der Waals surface area contributed by atoms with Crippen LogP contribution in [0.25, 0.3) is 0 Å². The molecule has 2 N–H and O–H groups in total. The number of anilines is 2. The van der Waals surface area contributed by atoms with Crippen LogP contribution in [0.2, 0.25) is 5.02 Å². The number of rotatable bonds is 4. The Hall–Kier alpha value is -1.65. The van der Waals surface area contributed by atoms with Crippen molar-refractivity contribution in [2.75, 3.05) is 11.4 Å². The van der Waals surface area contributed by atoms with Crippen molar-refractivity contribution < 1.29 is 4.39 Å². The molecule has 0 aliphatic carbocycles. The molecule has 2 aromatic carbocycles. The van der Waals surface area contributed by atoms with E-state index >= 15 is 0 Å². The molecular formula is C15H14ClFN2S. The molecule has 5 heteroatoms. The van der Waals surface area contributed by atoms with E-state index < -0.39 is 0 Å². The van der Waals surface area contributed by atoms with E-state index in [9.17, 15) is 4.39 Å². The maximum atomic E-state index is 13.3. The summed E-state index contributed by atoms with van der Waals surface area (Å²) in [5, 5.41) is 0.491. The van der Waals surface area contributed by atoms with Crippen LogP contribution in [0.1, 0.15) is 12.5 Å². The average molecular weight is 309 g/mol. The third kappa shape index (κ3) is 3.08. The summed E-state index contributed by atoms with van der Waals surface area (Å²) in [7, 11) is 0. The molecule has 0 aliphatic rings. The molecule has 0 saturated carbocycles. The van der Waals surface area contributed by atoms with Crippen LogP contribution < -0.4 is 10.6 Å². The van der Waals surface area contributed by atoms with Gasteiger partial charge in [-0.15, -0.1) is 0 Å². The van der Waals surface area contributed by atoms with Crippen molar-refractivity contribution in [1.82, 2.24) is 0 Å². The van der Waals surface area contributed by atoms with Crippen LogP contribution in [-0.2, 0) is 0 Å². The summed E-state index contributed by atoms with van der Waals surface area (Å²) in [5.41, 5.74) is 7.86. The number of nitrogens with zero attached hydrogens (tertiary/aromatic N) is 1. The molecule has 0 unspecified atom stereocenters. The second kappa shape index (κ2) is 6.20. The molecule has 0 bridgehead atoms. The Morgan fingerprint density at radius 2 is 1.95 bits per heavy atom. The largest absolute Gasteiger partial charge is 0.389 e. The molecule has 104 valence electrons. The highest BCUT2D eigenvalue weighted by Crippen LogP contribution is 2.29. The van der Waals surface area contributed by atoms with E-state index in [0.717, 1.165) is 11.4 Å². The summed E-state index contributed by atoms with van der Waals surface area (Å²) >= 11 is 11.1. The lowest BCUT2D eigenvalue weighted by Crippen LogP contribution is -2.17. The van der Waals surface area contributed by atoms with Crippen LogP contribution in [0.5, 0.6) is 0 Å². The zero-order valence-corrected chi connectivity index (χ0v) is 12.5. The average Bonchev–Trinajstić information content (AvgIpc) is 2.39. The van der Waals surface area contributed by atoms with Crippen LogP contribution in [0.3, 0.4) is 0 Å². The molecule has 2 aromatic rings. The van der Waals surface area contributed by atoms with Gasteiger partial charge in [0.25, 0.3) is 0 Å². The maximum absolute atomic E-state index is 13.3. The van der Waals surface area contributed by atoms with E-state index in [1.54, 1.807) is 18.2 Å². The van der Waals surface area contributed by atoms with Crippen LogP contribution in [0, 0.1) is 5.82 Å². The SMILES string of the molecule is CCN(c1cccc(F)c1)c1ccc(C(N)=S)c(Cl)c1. The quantitative estimate of drug-likeness (QED) is 0.855. The molecule has 0 atom stereocenters. The van der Waals surface area contributed by atoms with Gasteiger partial charge in [-0.25, -0.2) is 4.39 Å². The molecule has 0 saturated heterocycles. The molecular weight excluding hydrogens is 295 g/mol. The summed E-state index contributed by atoms with van der Waals surface area (Å²) in [6.45, 7) is 2.67. The van der Waals surface area contributed by atoms with E-state index in [0.29, 0.717) is 17.1 Å². The fourth-order valence-corrected chi connectivity index (χ4v) is 2.54. The highest BCUT2D eigenvalue weighted by Gasteiger charge is 2.11. The lowest BCUT2D eigenvalue weighted by Gasteiger charge is -2.24. The molecule has 0 spiro atoms. The standard InChI is InChI=1S/C15H14ClFN2S/c1-2-19(11-5-3-4-10(17)8-11)12-6-7-13(15(18)20)14(16)9-12/h3-9H,2H2,1H3,(H2,18,20). The summed E-state index contributed by atoms with van der Waals surface area (Å²) in [6.07, 6.45) is 0. The van der Waals surface area contributed by atoms with Gasteiger partial charge < -0.3 is 10.6 Å². The maximum Gasteiger partial charge on any atom is 0.125 e. The first-order chi connectivity index (χ1) is 9.52. The summed E-state index contributed by atoms with van der Waals surface area (Å²) in [6, 6.07) is 11.9. The molecule has 0 heterocycles. The van der Waals surface area contributed by atoms with Crippen molar-refractivity contribution >= 4 is 40.2 Å². The van der Waals surface area contributed by atoms with Crippen LogP contribution in [-0.4, -0.2) is 11.5 Å². The second-order valence-electron chi connectivity index (χ2n) is 4.25. The third-order valence-corrected chi connectivity index (χ3v) is 3.50. The Kier molecular flexibility index (Phi) is 4.57. The topological polar surface area (TPSA) is 29.3 Å². The van der Waals surface area contributed by atoms with Crippen LogP contribution in [0.4, 0.5) is 15.8 Å². The van der Waals surface area contributed by atoms with E-state index in [2.05, 4.69) is 0 Å². The first kappa shape index (κ1) is 14.8. The van der Waals surface area contributed by atoms with Gasteiger partial charge in [0.15, 0.2) is 0 Å². The highest BCUT2D eigenvalue weighted by atomic mass is 35.5. The lowest BCUT2D eigenvalue weighted by atomic mass is 10.1. The number of hydrogen-bond acceptors (Lipinski definition) is 2. The smallest absolute Gasteiger partial charge is 0.125 e. The van der Waals surface area contributed by atoms with E-state index in [1.165, 1.54) is 12.1 Å². The number of benzene rings is 2. The van der Waals surface area contributed by atoms with Crippen molar-refractivity contribution in [3.8, 4) is 0 Å². The first-order valence-electron chi connectivity index (χ1n) is 6.15. The number of thiocarbonyl (C=S) groups is 1. The van der Waals surface area contributed by atoms with Crippen molar-refractivity contribution in [3.63, 3.8) is 0 Å². The van der Waals surface area contributed by atoms with Gasteiger partial charge >= 0.3 is 0 Å². The van der Waals surface area contributed by atoms with Crippen molar-refractivity contribution in [3.05, 3.63) is 58.9 Å². The minimum Gasteiger partial charge on any atom is -0.389 e. The molecule has 0 aromatic heterocycles. The van der Waals surface area contributed by atoms with Gasteiger partial charge in [-0.1, -0.05) is 29.9 Å². The molecule has 0 radical (unpaired) electrons. The summed E-state index contributed by atoms with van der Waals surface area (Å²) < 4.78 is 13.3. The Balaban J connectivity index is 2.42. The number of nitrogens with two attached hydrogens (primary N) is 1. The molecule has 2 rings (SSSR count). The van der Waals surface area contributed by atoms with Gasteiger partial charge in [0.2, 0.25) is 0 Å². The summed E-state index contributed by atoms with van der Waals surface area (Å²) in [4.78, 5) is 2.22. The minimum absolute atomic E-state index is 0.260. The molecule has 0 fully saturated rings. The number of hydrogen-bond donors (Lipinski definition) is 1. The molecule has 0 amide bonds.